The van der Waals surface area contributed by atoms with E-state index in [9.17, 15) is 9.59 Å². The molecule has 0 fully saturated rings. The second kappa shape index (κ2) is 11.3. The number of aromatic nitrogens is 1. The van der Waals surface area contributed by atoms with Crippen LogP contribution in [0.5, 0.6) is 0 Å². The standard InChI is InChI=1S/C26H35N3O4/c1-6-29-23-11-9-19(25(30)32-15-7-13-27(2)3)17-21(23)22-18-20(10-12-24(22)29)26(31)33-16-8-14-28(4)5/h9-12,17-18H,6-8,13-16H2,1-5H3. The van der Waals surface area contributed by atoms with E-state index in [0.717, 1.165) is 54.3 Å². The minimum Gasteiger partial charge on any atom is -0.462 e. The Morgan fingerprint density at radius 2 is 1.18 bits per heavy atom. The molecule has 33 heavy (non-hydrogen) atoms. The van der Waals surface area contributed by atoms with Crippen molar-refractivity contribution < 1.29 is 19.1 Å². The monoisotopic (exact) mass is 453 g/mol. The topological polar surface area (TPSA) is 64.0 Å². The van der Waals surface area contributed by atoms with Crippen molar-refractivity contribution in [3.63, 3.8) is 0 Å². The van der Waals surface area contributed by atoms with E-state index in [-0.39, 0.29) is 11.9 Å². The molecule has 0 aliphatic carbocycles. The molecule has 0 atom stereocenters. The Labute approximate surface area is 195 Å². The molecule has 3 aromatic rings. The molecule has 0 aliphatic heterocycles. The van der Waals surface area contributed by atoms with Crippen LogP contribution in [0.1, 0.15) is 40.5 Å². The number of aryl methyl sites for hydroxylation is 1. The molecule has 0 N–H and O–H groups in total. The number of fused-ring (bicyclic) bond motifs is 3. The summed E-state index contributed by atoms with van der Waals surface area (Å²) in [6, 6.07) is 11.3. The number of ether oxygens (including phenoxy) is 2. The van der Waals surface area contributed by atoms with Crippen molar-refractivity contribution in [1.29, 1.82) is 0 Å². The van der Waals surface area contributed by atoms with E-state index >= 15 is 0 Å². The van der Waals surface area contributed by atoms with Crippen molar-refractivity contribution in [1.82, 2.24) is 14.4 Å². The Morgan fingerprint density at radius 3 is 1.55 bits per heavy atom. The van der Waals surface area contributed by atoms with Gasteiger partial charge >= 0.3 is 11.9 Å². The molecule has 0 bridgehead atoms. The van der Waals surface area contributed by atoms with Gasteiger partial charge < -0.3 is 23.8 Å². The van der Waals surface area contributed by atoms with Gasteiger partial charge in [-0.3, -0.25) is 0 Å². The molecular formula is C26H35N3O4. The van der Waals surface area contributed by atoms with Gasteiger partial charge in [0.1, 0.15) is 0 Å². The maximum atomic E-state index is 12.6. The molecular weight excluding hydrogens is 418 g/mol. The second-order valence-electron chi connectivity index (χ2n) is 8.79. The summed E-state index contributed by atoms with van der Waals surface area (Å²) in [6.45, 7) is 5.36. The predicted molar refractivity (Wildman–Crippen MR) is 132 cm³/mol. The fourth-order valence-corrected chi connectivity index (χ4v) is 3.96. The van der Waals surface area contributed by atoms with Gasteiger partial charge in [-0.1, -0.05) is 0 Å². The highest BCUT2D eigenvalue weighted by Gasteiger charge is 2.16. The van der Waals surface area contributed by atoms with Gasteiger partial charge in [-0.25, -0.2) is 9.59 Å². The number of carbonyl (C=O) groups excluding carboxylic acids is 2. The minimum atomic E-state index is -0.329. The lowest BCUT2D eigenvalue weighted by Crippen LogP contribution is -2.16. The zero-order valence-electron chi connectivity index (χ0n) is 20.4. The van der Waals surface area contributed by atoms with E-state index in [1.54, 1.807) is 0 Å². The molecule has 0 radical (unpaired) electrons. The number of hydrogen-bond donors (Lipinski definition) is 0. The lowest BCUT2D eigenvalue weighted by molar-refractivity contribution is 0.0484. The van der Waals surface area contributed by atoms with E-state index in [0.29, 0.717) is 24.3 Å². The number of hydrogen-bond acceptors (Lipinski definition) is 6. The first-order valence-corrected chi connectivity index (χ1v) is 11.5. The van der Waals surface area contributed by atoms with Gasteiger partial charge in [0.05, 0.1) is 24.3 Å². The largest absolute Gasteiger partial charge is 0.462 e. The summed E-state index contributed by atoms with van der Waals surface area (Å²) < 4.78 is 13.1. The van der Waals surface area contributed by atoms with E-state index in [1.807, 2.05) is 64.6 Å². The summed E-state index contributed by atoms with van der Waals surface area (Å²) >= 11 is 0. The molecule has 3 rings (SSSR count). The van der Waals surface area contributed by atoms with Crippen LogP contribution in [0.3, 0.4) is 0 Å². The number of benzene rings is 2. The van der Waals surface area contributed by atoms with E-state index in [2.05, 4.69) is 21.3 Å². The van der Waals surface area contributed by atoms with E-state index in [1.165, 1.54) is 0 Å². The van der Waals surface area contributed by atoms with Gasteiger partial charge in [-0.2, -0.15) is 0 Å². The average molecular weight is 454 g/mol. The predicted octanol–water partition coefficient (Wildman–Crippen LogP) is 4.03. The van der Waals surface area contributed by atoms with Crippen LogP contribution in [0.15, 0.2) is 36.4 Å². The van der Waals surface area contributed by atoms with E-state index in [4.69, 9.17) is 9.47 Å². The van der Waals surface area contributed by atoms with Crippen molar-refractivity contribution in [2.45, 2.75) is 26.3 Å². The van der Waals surface area contributed by atoms with Crippen molar-refractivity contribution >= 4 is 33.7 Å². The molecule has 7 nitrogen and oxygen atoms in total. The van der Waals surface area contributed by atoms with Crippen LogP contribution in [0, 0.1) is 0 Å². The third-order valence-electron chi connectivity index (χ3n) is 5.62. The van der Waals surface area contributed by atoms with Crippen LogP contribution in [-0.4, -0.2) is 80.8 Å². The summed E-state index contributed by atoms with van der Waals surface area (Å²) in [5.74, 6) is -0.658. The highest BCUT2D eigenvalue weighted by atomic mass is 16.5. The maximum Gasteiger partial charge on any atom is 0.338 e. The number of nitrogens with zero attached hydrogens (tertiary/aromatic N) is 3. The smallest absolute Gasteiger partial charge is 0.338 e. The normalized spacial score (nSPS) is 11.6. The Bertz CT molecular complexity index is 1030. The Kier molecular flexibility index (Phi) is 8.47. The second-order valence-corrected chi connectivity index (χ2v) is 8.79. The number of carbonyl (C=O) groups is 2. The molecule has 0 unspecified atom stereocenters. The van der Waals surface area contributed by atoms with Gasteiger partial charge in [0.2, 0.25) is 0 Å². The van der Waals surface area contributed by atoms with Crippen molar-refractivity contribution in [2.24, 2.45) is 0 Å². The van der Waals surface area contributed by atoms with Crippen molar-refractivity contribution in [3.8, 4) is 0 Å². The summed E-state index contributed by atoms with van der Waals surface area (Å²) in [5, 5.41) is 1.86. The minimum absolute atomic E-state index is 0.329. The van der Waals surface area contributed by atoms with Crippen molar-refractivity contribution in [3.05, 3.63) is 47.5 Å². The van der Waals surface area contributed by atoms with Gasteiger partial charge in [-0.15, -0.1) is 0 Å². The van der Waals surface area contributed by atoms with Gasteiger partial charge in [0, 0.05) is 41.4 Å². The molecule has 2 aromatic carbocycles. The summed E-state index contributed by atoms with van der Waals surface area (Å²) in [6.07, 6.45) is 1.58. The number of esters is 2. The van der Waals surface area contributed by atoms with Gasteiger partial charge in [0.25, 0.3) is 0 Å². The van der Waals surface area contributed by atoms with Gasteiger partial charge in [-0.05, 0) is 84.4 Å². The Balaban J connectivity index is 1.85. The first kappa shape index (κ1) is 24.7. The molecule has 1 heterocycles. The fraction of sp³-hybridized carbons (Fsp3) is 0.462. The van der Waals surface area contributed by atoms with Gasteiger partial charge in [0.15, 0.2) is 0 Å². The first-order chi connectivity index (χ1) is 15.8. The highest BCUT2D eigenvalue weighted by Crippen LogP contribution is 2.31. The van der Waals surface area contributed by atoms with Crippen LogP contribution in [0.2, 0.25) is 0 Å². The van der Waals surface area contributed by atoms with Crippen LogP contribution in [0.4, 0.5) is 0 Å². The lowest BCUT2D eigenvalue weighted by Gasteiger charge is -2.10. The molecule has 178 valence electrons. The van der Waals surface area contributed by atoms with Crippen LogP contribution < -0.4 is 0 Å². The molecule has 0 spiro atoms. The zero-order chi connectivity index (χ0) is 24.0. The van der Waals surface area contributed by atoms with Crippen molar-refractivity contribution in [2.75, 3.05) is 54.5 Å². The Morgan fingerprint density at radius 1 is 0.758 bits per heavy atom. The Hall–Kier alpha value is -2.90. The maximum absolute atomic E-state index is 12.6. The fourth-order valence-electron chi connectivity index (χ4n) is 3.96. The first-order valence-electron chi connectivity index (χ1n) is 11.5. The van der Waals surface area contributed by atoms with Crippen LogP contribution in [-0.2, 0) is 16.0 Å². The summed E-state index contributed by atoms with van der Waals surface area (Å²) in [7, 11) is 7.97. The zero-order valence-corrected chi connectivity index (χ0v) is 20.4. The third kappa shape index (κ3) is 6.12. The van der Waals surface area contributed by atoms with Crippen LogP contribution in [0.25, 0.3) is 21.8 Å². The van der Waals surface area contributed by atoms with E-state index < -0.39 is 0 Å². The molecule has 7 heteroatoms. The SMILES string of the molecule is CCn1c2ccc(C(=O)OCCCN(C)C)cc2c2cc(C(=O)OCCCN(C)C)ccc21. The summed E-state index contributed by atoms with van der Waals surface area (Å²) in [4.78, 5) is 29.3. The van der Waals surface area contributed by atoms with Crippen LogP contribution >= 0.6 is 0 Å². The molecule has 0 saturated carbocycles. The number of rotatable bonds is 11. The third-order valence-corrected chi connectivity index (χ3v) is 5.62. The molecule has 0 aliphatic rings. The average Bonchev–Trinajstić information content (AvgIpc) is 3.11. The molecule has 0 saturated heterocycles. The molecule has 1 aromatic heterocycles. The highest BCUT2D eigenvalue weighted by molar-refractivity contribution is 6.12. The summed E-state index contributed by atoms with van der Waals surface area (Å²) in [5.41, 5.74) is 3.07. The lowest BCUT2D eigenvalue weighted by atomic mass is 10.1. The quantitative estimate of drug-likeness (QED) is 0.323. The molecule has 0 amide bonds.